The summed E-state index contributed by atoms with van der Waals surface area (Å²) in [5.74, 6) is -2.39. The van der Waals surface area contributed by atoms with Gasteiger partial charge in [-0.15, -0.1) is 13.2 Å². The molecule has 0 aliphatic heterocycles. The van der Waals surface area contributed by atoms with Crippen LogP contribution >= 0.6 is 0 Å². The molecule has 1 amide bonds. The second-order valence-corrected chi connectivity index (χ2v) is 8.50. The highest BCUT2D eigenvalue weighted by Crippen LogP contribution is 2.28. The number of rotatable bonds is 8. The molecule has 12 heteroatoms. The Morgan fingerprint density at radius 2 is 1.76 bits per heavy atom. The van der Waals surface area contributed by atoms with E-state index in [2.05, 4.69) is 15.2 Å². The first-order valence-electron chi connectivity index (χ1n) is 11.4. The molecule has 0 saturated heterocycles. The van der Waals surface area contributed by atoms with Gasteiger partial charge in [0.2, 0.25) is 5.88 Å². The Kier molecular flexibility index (Phi) is 7.53. The van der Waals surface area contributed by atoms with Crippen LogP contribution in [0.5, 0.6) is 11.6 Å². The van der Waals surface area contributed by atoms with Crippen LogP contribution in [0.15, 0.2) is 54.6 Å². The molecule has 2 aromatic heterocycles. The van der Waals surface area contributed by atoms with E-state index in [1.807, 2.05) is 0 Å². The molecule has 0 saturated carbocycles. The van der Waals surface area contributed by atoms with Crippen LogP contribution in [0.3, 0.4) is 0 Å². The fourth-order valence-corrected chi connectivity index (χ4v) is 4.00. The molecule has 0 aliphatic carbocycles. The summed E-state index contributed by atoms with van der Waals surface area (Å²) in [6.45, 7) is 2.81. The van der Waals surface area contributed by atoms with Gasteiger partial charge in [0.15, 0.2) is 0 Å². The number of nitrogens with zero attached hydrogens (tertiary/aromatic N) is 2. The Morgan fingerprint density at radius 3 is 2.42 bits per heavy atom. The predicted molar refractivity (Wildman–Crippen MR) is 128 cm³/mol. The van der Waals surface area contributed by atoms with Crippen molar-refractivity contribution >= 4 is 11.4 Å². The molecule has 0 aliphatic rings. The molecular weight excluding hydrogens is 511 g/mol. The number of aryl methyl sites for hydroxylation is 2. The fourth-order valence-electron chi connectivity index (χ4n) is 4.00. The SMILES string of the molecule is Cc1cc(OCc2c(F)cccc2F)n2nc(C)c(C(=O)NC(CN)c3cccc(OC(F)(F)F)c3)c2c1. The predicted octanol–water partition coefficient (Wildman–Crippen LogP) is 5.14. The number of hydrogen-bond donors (Lipinski definition) is 2. The first-order valence-corrected chi connectivity index (χ1v) is 11.4. The number of aromatic nitrogens is 2. The van der Waals surface area contributed by atoms with Crippen molar-refractivity contribution in [2.45, 2.75) is 32.9 Å². The highest BCUT2D eigenvalue weighted by molar-refractivity contribution is 6.02. The van der Waals surface area contributed by atoms with Crippen molar-refractivity contribution in [2.24, 2.45) is 5.73 Å². The maximum Gasteiger partial charge on any atom is 0.573 e. The molecule has 3 N–H and O–H groups in total. The number of benzene rings is 2. The van der Waals surface area contributed by atoms with Gasteiger partial charge in [-0.05, 0) is 55.3 Å². The fraction of sp³-hybridized carbons (Fsp3) is 0.231. The molecule has 1 unspecified atom stereocenters. The third-order valence-electron chi connectivity index (χ3n) is 5.71. The second kappa shape index (κ2) is 10.7. The second-order valence-electron chi connectivity index (χ2n) is 8.50. The molecule has 0 spiro atoms. The molecule has 0 fully saturated rings. The molecule has 0 radical (unpaired) electrons. The monoisotopic (exact) mass is 534 g/mol. The average Bonchev–Trinajstić information content (AvgIpc) is 3.16. The first kappa shape index (κ1) is 26.9. The first-order chi connectivity index (χ1) is 18.0. The number of fused-ring (bicyclic) bond motifs is 1. The van der Waals surface area contributed by atoms with E-state index < -0.39 is 42.3 Å². The largest absolute Gasteiger partial charge is 0.573 e. The van der Waals surface area contributed by atoms with Gasteiger partial charge < -0.3 is 20.5 Å². The number of pyridine rings is 1. The minimum absolute atomic E-state index is 0.110. The normalized spacial score (nSPS) is 12.4. The van der Waals surface area contributed by atoms with E-state index in [9.17, 15) is 26.7 Å². The van der Waals surface area contributed by atoms with E-state index in [0.29, 0.717) is 22.3 Å². The summed E-state index contributed by atoms with van der Waals surface area (Å²) in [5.41, 5.74) is 7.41. The molecule has 2 heterocycles. The van der Waals surface area contributed by atoms with E-state index in [4.69, 9.17) is 10.5 Å². The van der Waals surface area contributed by atoms with E-state index in [1.54, 1.807) is 26.0 Å². The number of nitrogens with one attached hydrogen (secondary N) is 1. The Bertz CT molecular complexity index is 1470. The highest BCUT2D eigenvalue weighted by atomic mass is 19.4. The van der Waals surface area contributed by atoms with E-state index in [1.165, 1.54) is 22.7 Å². The summed E-state index contributed by atoms with van der Waals surface area (Å²) in [7, 11) is 0. The van der Waals surface area contributed by atoms with Crippen molar-refractivity contribution in [1.82, 2.24) is 14.9 Å². The number of halogens is 5. The van der Waals surface area contributed by atoms with Crippen LogP contribution in [0.4, 0.5) is 22.0 Å². The van der Waals surface area contributed by atoms with Crippen molar-refractivity contribution in [1.29, 1.82) is 0 Å². The Balaban J connectivity index is 1.62. The number of nitrogens with two attached hydrogens (primary N) is 1. The third kappa shape index (κ3) is 5.86. The number of ether oxygens (including phenoxy) is 2. The zero-order chi connectivity index (χ0) is 27.6. The minimum atomic E-state index is -4.87. The van der Waals surface area contributed by atoms with Crippen LogP contribution in [0.1, 0.15) is 38.8 Å². The van der Waals surface area contributed by atoms with Crippen LogP contribution in [0.2, 0.25) is 0 Å². The van der Waals surface area contributed by atoms with Crippen LogP contribution in [-0.4, -0.2) is 28.4 Å². The Labute approximate surface area is 214 Å². The maximum atomic E-state index is 14.1. The highest BCUT2D eigenvalue weighted by Gasteiger charge is 2.31. The van der Waals surface area contributed by atoms with Gasteiger partial charge in [0.05, 0.1) is 28.4 Å². The smallest absolute Gasteiger partial charge is 0.473 e. The molecule has 7 nitrogen and oxygen atoms in total. The quantitative estimate of drug-likeness (QED) is 0.306. The van der Waals surface area contributed by atoms with Gasteiger partial charge in [-0.1, -0.05) is 18.2 Å². The summed E-state index contributed by atoms with van der Waals surface area (Å²) in [5, 5.41) is 7.09. The average molecular weight is 534 g/mol. The van der Waals surface area contributed by atoms with Crippen molar-refractivity contribution < 1.29 is 36.2 Å². The Hall–Kier alpha value is -4.19. The maximum absolute atomic E-state index is 14.1. The van der Waals surface area contributed by atoms with Crippen molar-refractivity contribution in [3.8, 4) is 11.6 Å². The van der Waals surface area contributed by atoms with E-state index >= 15 is 0 Å². The minimum Gasteiger partial charge on any atom is -0.473 e. The Morgan fingerprint density at radius 1 is 1.08 bits per heavy atom. The van der Waals surface area contributed by atoms with Gasteiger partial charge in [0.1, 0.15) is 24.0 Å². The molecule has 2 aromatic carbocycles. The molecule has 38 heavy (non-hydrogen) atoms. The van der Waals surface area contributed by atoms with Gasteiger partial charge in [-0.2, -0.15) is 9.61 Å². The van der Waals surface area contributed by atoms with E-state index in [0.717, 1.165) is 24.3 Å². The lowest BCUT2D eigenvalue weighted by Crippen LogP contribution is -2.33. The van der Waals surface area contributed by atoms with Gasteiger partial charge in [0.25, 0.3) is 5.91 Å². The summed E-state index contributed by atoms with van der Waals surface area (Å²) < 4.78 is 77.0. The molecule has 200 valence electrons. The lowest BCUT2D eigenvalue weighted by atomic mass is 10.1. The topological polar surface area (TPSA) is 90.9 Å². The van der Waals surface area contributed by atoms with Crippen molar-refractivity contribution in [3.63, 3.8) is 0 Å². The number of hydrogen-bond acceptors (Lipinski definition) is 5. The standard InChI is InChI=1S/C26H23F5N4O3/c1-14-9-22-24(25(36)33-21(12-32)16-5-3-6-17(11-16)38-26(29,30)31)15(2)34-35(22)23(10-14)37-13-18-19(27)7-4-8-20(18)28/h3-11,21H,12-13,32H2,1-2H3,(H,33,36). The lowest BCUT2D eigenvalue weighted by molar-refractivity contribution is -0.274. The van der Waals surface area contributed by atoms with E-state index in [-0.39, 0.29) is 23.6 Å². The number of carbonyl (C=O) groups excluding carboxylic acids is 1. The molecule has 0 bridgehead atoms. The summed E-state index contributed by atoms with van der Waals surface area (Å²) in [4.78, 5) is 13.3. The molecule has 4 rings (SSSR count). The molecule has 4 aromatic rings. The zero-order valence-electron chi connectivity index (χ0n) is 20.3. The van der Waals surface area contributed by atoms with Crippen molar-refractivity contribution in [3.05, 3.63) is 94.2 Å². The summed E-state index contributed by atoms with van der Waals surface area (Å²) >= 11 is 0. The number of alkyl halides is 3. The van der Waals surface area contributed by atoms with Gasteiger partial charge in [-0.25, -0.2) is 8.78 Å². The number of carbonyl (C=O) groups is 1. The summed E-state index contributed by atoms with van der Waals surface area (Å²) in [6.07, 6.45) is -4.87. The number of amides is 1. The molecule has 1 atom stereocenters. The van der Waals surface area contributed by atoms with Crippen LogP contribution < -0.4 is 20.5 Å². The third-order valence-corrected chi connectivity index (χ3v) is 5.71. The van der Waals surface area contributed by atoms with Crippen LogP contribution in [0, 0.1) is 25.5 Å². The van der Waals surface area contributed by atoms with Gasteiger partial charge >= 0.3 is 6.36 Å². The lowest BCUT2D eigenvalue weighted by Gasteiger charge is -2.19. The van der Waals surface area contributed by atoms with Crippen LogP contribution in [0.25, 0.3) is 5.52 Å². The van der Waals surface area contributed by atoms with Gasteiger partial charge in [-0.3, -0.25) is 4.79 Å². The summed E-state index contributed by atoms with van der Waals surface area (Å²) in [6, 6.07) is 11.1. The van der Waals surface area contributed by atoms with Crippen LogP contribution in [-0.2, 0) is 6.61 Å². The zero-order valence-corrected chi connectivity index (χ0v) is 20.3. The van der Waals surface area contributed by atoms with Gasteiger partial charge in [0, 0.05) is 12.6 Å². The molecular formula is C26H23F5N4O3. The van der Waals surface area contributed by atoms with Crippen molar-refractivity contribution in [2.75, 3.05) is 6.54 Å².